The summed E-state index contributed by atoms with van der Waals surface area (Å²) >= 11 is 1.32. The van der Waals surface area contributed by atoms with Crippen molar-refractivity contribution >= 4 is 34.1 Å². The van der Waals surface area contributed by atoms with E-state index in [-0.39, 0.29) is 35.6 Å². The predicted octanol–water partition coefficient (Wildman–Crippen LogP) is 5.51. The lowest BCUT2D eigenvalue weighted by molar-refractivity contribution is -0.144. The number of hydrogen-bond donors (Lipinski definition) is 2. The zero-order valence-electron chi connectivity index (χ0n) is 16.6. The smallest absolute Gasteiger partial charge is 0.345 e. The predicted molar refractivity (Wildman–Crippen MR) is 115 cm³/mol. The molecule has 0 radical (unpaired) electrons. The summed E-state index contributed by atoms with van der Waals surface area (Å²) in [7, 11) is 0. The number of halogens is 3. The van der Waals surface area contributed by atoms with Crippen molar-refractivity contribution in [2.45, 2.75) is 25.1 Å². The largest absolute Gasteiger partial charge is 0.449 e. The first-order valence-corrected chi connectivity index (χ1v) is 10.7. The molecule has 164 valence electrons. The zero-order chi connectivity index (χ0) is 22.7. The van der Waals surface area contributed by atoms with Crippen LogP contribution in [0.2, 0.25) is 0 Å². The van der Waals surface area contributed by atoms with Gasteiger partial charge in [-0.2, -0.15) is 13.2 Å². The number of Topliss-reactive ketones (excluding diaryl/α,β-unsaturated/α-hetero) is 1. The highest BCUT2D eigenvalue weighted by Gasteiger charge is 2.34. The Morgan fingerprint density at radius 3 is 2.47 bits per heavy atom. The van der Waals surface area contributed by atoms with Crippen molar-refractivity contribution in [2.75, 3.05) is 0 Å². The van der Waals surface area contributed by atoms with Crippen molar-refractivity contribution in [1.29, 1.82) is 0 Å². The summed E-state index contributed by atoms with van der Waals surface area (Å²) in [5.74, 6) is -1.51. The first-order valence-electron chi connectivity index (χ1n) is 9.79. The number of aromatic amines is 1. The minimum atomic E-state index is -4.58. The Morgan fingerprint density at radius 2 is 1.78 bits per heavy atom. The summed E-state index contributed by atoms with van der Waals surface area (Å²) in [5.41, 5.74) is 1.76. The minimum Gasteiger partial charge on any atom is -0.345 e. The number of thiophene rings is 1. The van der Waals surface area contributed by atoms with E-state index in [1.165, 1.54) is 17.4 Å². The second-order valence-corrected chi connectivity index (χ2v) is 8.12. The fraction of sp³-hybridized carbons (Fsp3) is 0.174. The number of nitrogens with zero attached hydrogens (tertiary/aromatic N) is 1. The molecule has 1 amide bonds. The molecule has 0 fully saturated rings. The molecule has 2 aromatic heterocycles. The van der Waals surface area contributed by atoms with Crippen molar-refractivity contribution in [1.82, 2.24) is 15.3 Å². The third-order valence-electron chi connectivity index (χ3n) is 4.92. The molecule has 0 spiro atoms. The maximum atomic E-state index is 13.0. The van der Waals surface area contributed by atoms with Crippen molar-refractivity contribution in [3.63, 3.8) is 0 Å². The Hall–Kier alpha value is -3.46. The SMILES string of the molecule is O=C(CCC(=O)c1cccs1)NC(c1ccccc1)c1ccc2nc(C(F)(F)F)[nH]c2c1. The molecule has 2 N–H and O–H groups in total. The standard InChI is InChI=1S/C23H18F3N3O2S/c24-23(25,26)22-27-16-9-8-15(13-17(16)28-22)21(14-5-2-1-3-6-14)29-20(31)11-10-18(30)19-7-4-12-32-19/h1-9,12-13,21H,10-11H2,(H,27,28)(H,29,31). The average molecular weight is 457 g/mol. The van der Waals surface area contributed by atoms with Crippen molar-refractivity contribution in [3.8, 4) is 0 Å². The average Bonchev–Trinajstić information content (AvgIpc) is 3.46. The van der Waals surface area contributed by atoms with Gasteiger partial charge in [-0.15, -0.1) is 11.3 Å². The Morgan fingerprint density at radius 1 is 1.00 bits per heavy atom. The van der Waals surface area contributed by atoms with Crippen LogP contribution in [0.4, 0.5) is 13.2 Å². The van der Waals surface area contributed by atoms with E-state index >= 15 is 0 Å². The van der Waals surface area contributed by atoms with Gasteiger partial charge in [0, 0.05) is 12.8 Å². The fourth-order valence-corrected chi connectivity index (χ4v) is 4.06. The van der Waals surface area contributed by atoms with Crippen LogP contribution in [0.1, 0.15) is 45.5 Å². The van der Waals surface area contributed by atoms with Gasteiger partial charge in [-0.25, -0.2) is 4.98 Å². The summed E-state index contributed by atoms with van der Waals surface area (Å²) in [4.78, 5) is 31.3. The van der Waals surface area contributed by atoms with Crippen LogP contribution in [-0.2, 0) is 11.0 Å². The molecular weight excluding hydrogens is 439 g/mol. The lowest BCUT2D eigenvalue weighted by atomic mass is 9.98. The number of hydrogen-bond acceptors (Lipinski definition) is 4. The molecule has 1 atom stereocenters. The molecule has 4 rings (SSSR count). The van der Waals surface area contributed by atoms with E-state index in [0.717, 1.165) is 5.56 Å². The van der Waals surface area contributed by atoms with Gasteiger partial charge in [0.25, 0.3) is 0 Å². The summed E-state index contributed by atoms with van der Waals surface area (Å²) in [6.07, 6.45) is -4.51. The summed E-state index contributed by atoms with van der Waals surface area (Å²) in [6.45, 7) is 0. The van der Waals surface area contributed by atoms with Crippen LogP contribution in [0.15, 0.2) is 66.0 Å². The van der Waals surface area contributed by atoms with Crippen molar-refractivity contribution in [2.24, 2.45) is 0 Å². The highest BCUT2D eigenvalue weighted by atomic mass is 32.1. The molecule has 1 unspecified atom stereocenters. The van der Waals surface area contributed by atoms with Crippen LogP contribution in [0.5, 0.6) is 0 Å². The molecule has 0 aliphatic heterocycles. The van der Waals surface area contributed by atoms with E-state index < -0.39 is 18.0 Å². The third-order valence-corrected chi connectivity index (χ3v) is 5.83. The fourth-order valence-electron chi connectivity index (χ4n) is 3.37. The van der Waals surface area contributed by atoms with E-state index in [2.05, 4.69) is 15.3 Å². The maximum absolute atomic E-state index is 13.0. The number of carbonyl (C=O) groups excluding carboxylic acids is 2. The highest BCUT2D eigenvalue weighted by Crippen LogP contribution is 2.30. The number of carbonyl (C=O) groups is 2. The van der Waals surface area contributed by atoms with E-state index in [9.17, 15) is 22.8 Å². The number of imidazole rings is 1. The monoisotopic (exact) mass is 457 g/mol. The minimum absolute atomic E-state index is 0.00455. The topological polar surface area (TPSA) is 74.8 Å². The molecule has 0 aliphatic rings. The Labute approximate surface area is 185 Å². The van der Waals surface area contributed by atoms with Gasteiger partial charge in [0.05, 0.1) is 22.0 Å². The van der Waals surface area contributed by atoms with Crippen LogP contribution in [0.25, 0.3) is 11.0 Å². The second-order valence-electron chi connectivity index (χ2n) is 7.17. The normalized spacial score (nSPS) is 12.6. The van der Waals surface area contributed by atoms with Gasteiger partial charge in [0.1, 0.15) is 0 Å². The molecule has 0 saturated carbocycles. The number of aromatic nitrogens is 2. The van der Waals surface area contributed by atoms with E-state index in [0.29, 0.717) is 10.4 Å². The van der Waals surface area contributed by atoms with Crippen molar-refractivity contribution < 1.29 is 22.8 Å². The zero-order valence-corrected chi connectivity index (χ0v) is 17.5. The molecule has 0 aliphatic carbocycles. The number of nitrogens with one attached hydrogen (secondary N) is 2. The number of benzene rings is 2. The molecule has 0 bridgehead atoms. The van der Waals surface area contributed by atoms with E-state index in [4.69, 9.17) is 0 Å². The van der Waals surface area contributed by atoms with E-state index in [1.807, 2.05) is 30.3 Å². The highest BCUT2D eigenvalue weighted by molar-refractivity contribution is 7.12. The second kappa shape index (κ2) is 8.96. The lowest BCUT2D eigenvalue weighted by Crippen LogP contribution is -2.29. The summed E-state index contributed by atoms with van der Waals surface area (Å²) in [5, 5.41) is 4.71. The van der Waals surface area contributed by atoms with Crippen LogP contribution >= 0.6 is 11.3 Å². The van der Waals surface area contributed by atoms with Crippen LogP contribution in [0, 0.1) is 0 Å². The number of alkyl halides is 3. The maximum Gasteiger partial charge on any atom is 0.449 e. The number of rotatable bonds is 7. The Kier molecular flexibility index (Phi) is 6.09. The van der Waals surface area contributed by atoms with Crippen LogP contribution in [0.3, 0.4) is 0 Å². The Bertz CT molecular complexity index is 1230. The quantitative estimate of drug-likeness (QED) is 0.359. The number of fused-ring (bicyclic) bond motifs is 1. The van der Waals surface area contributed by atoms with Gasteiger partial charge >= 0.3 is 6.18 Å². The summed E-state index contributed by atoms with van der Waals surface area (Å²) < 4.78 is 39.0. The molecule has 2 heterocycles. The molecule has 4 aromatic rings. The molecule has 32 heavy (non-hydrogen) atoms. The van der Waals surface area contributed by atoms with E-state index in [1.54, 1.807) is 29.6 Å². The Balaban J connectivity index is 1.57. The number of ketones is 1. The van der Waals surface area contributed by atoms with Gasteiger partial charge in [-0.05, 0) is 34.7 Å². The van der Waals surface area contributed by atoms with Gasteiger partial charge in [-0.1, -0.05) is 42.5 Å². The van der Waals surface area contributed by atoms with Crippen LogP contribution < -0.4 is 5.32 Å². The first-order chi connectivity index (χ1) is 15.3. The molecule has 2 aromatic carbocycles. The molecule has 0 saturated heterocycles. The summed E-state index contributed by atoms with van der Waals surface area (Å²) in [6, 6.07) is 16.7. The van der Waals surface area contributed by atoms with Gasteiger partial charge in [0.15, 0.2) is 5.78 Å². The molecule has 5 nitrogen and oxygen atoms in total. The third kappa shape index (κ3) is 4.88. The van der Waals surface area contributed by atoms with Gasteiger partial charge < -0.3 is 10.3 Å². The van der Waals surface area contributed by atoms with Gasteiger partial charge in [0.2, 0.25) is 11.7 Å². The van der Waals surface area contributed by atoms with Crippen LogP contribution in [-0.4, -0.2) is 21.7 Å². The lowest BCUT2D eigenvalue weighted by Gasteiger charge is -2.20. The number of amides is 1. The van der Waals surface area contributed by atoms with Gasteiger partial charge in [-0.3, -0.25) is 9.59 Å². The number of H-pyrrole nitrogens is 1. The van der Waals surface area contributed by atoms with Crippen molar-refractivity contribution in [3.05, 3.63) is 87.9 Å². The first kappa shape index (κ1) is 21.8. The molecule has 9 heteroatoms. The molecular formula is C23H18F3N3O2S.